The number of carbonyl (C=O) groups excluding carboxylic acids is 1. The highest BCUT2D eigenvalue weighted by molar-refractivity contribution is 7.99. The Morgan fingerprint density at radius 1 is 1.24 bits per heavy atom. The van der Waals surface area contributed by atoms with Gasteiger partial charge in [-0.25, -0.2) is 4.98 Å². The number of thiazole rings is 1. The minimum absolute atomic E-state index is 0.188. The van der Waals surface area contributed by atoms with Gasteiger partial charge >= 0.3 is 0 Å². The Morgan fingerprint density at radius 3 is 2.68 bits per heavy atom. The molecule has 0 saturated heterocycles. The number of benzene rings is 1. The Hall–Kier alpha value is -2.12. The molecule has 0 aliphatic rings. The molecule has 5 nitrogen and oxygen atoms in total. The lowest BCUT2D eigenvalue weighted by Gasteiger charge is -2.08. The van der Waals surface area contributed by atoms with Gasteiger partial charge in [-0.1, -0.05) is 30.3 Å². The van der Waals surface area contributed by atoms with Gasteiger partial charge < -0.3 is 5.32 Å². The second kappa shape index (κ2) is 7.41. The highest BCUT2D eigenvalue weighted by atomic mass is 32.2. The second-order valence-electron chi connectivity index (χ2n) is 5.77. The normalized spacial score (nSPS) is 11.0. The molecule has 7 heteroatoms. The number of nitrogens with one attached hydrogen (secondary N) is 1. The van der Waals surface area contributed by atoms with Crippen molar-refractivity contribution in [1.29, 1.82) is 0 Å². The molecule has 0 saturated carbocycles. The standard InChI is InChI=1S/C18H19N3O2S2/c1-11-16(17(23)21-12(2)13(3)25-18(21)19-11)20-15(22)10-24-9-14-7-5-4-6-8-14/h4-8H,9-10H2,1-3H3,(H,20,22). The Kier molecular flexibility index (Phi) is 5.24. The minimum atomic E-state index is -0.217. The van der Waals surface area contributed by atoms with E-state index in [9.17, 15) is 9.59 Å². The van der Waals surface area contributed by atoms with Gasteiger partial charge in [-0.15, -0.1) is 23.1 Å². The number of fused-ring (bicyclic) bond motifs is 1. The van der Waals surface area contributed by atoms with E-state index in [0.29, 0.717) is 10.7 Å². The van der Waals surface area contributed by atoms with Crippen molar-refractivity contribution < 1.29 is 4.79 Å². The van der Waals surface area contributed by atoms with Crippen LogP contribution >= 0.6 is 23.1 Å². The van der Waals surface area contributed by atoms with Gasteiger partial charge in [0, 0.05) is 16.3 Å². The topological polar surface area (TPSA) is 63.5 Å². The van der Waals surface area contributed by atoms with E-state index in [1.54, 1.807) is 11.3 Å². The summed E-state index contributed by atoms with van der Waals surface area (Å²) in [4.78, 5) is 31.1. The maximum atomic E-state index is 12.7. The molecular formula is C18H19N3O2S2. The average Bonchev–Trinajstić information content (AvgIpc) is 2.86. The molecule has 3 rings (SSSR count). The summed E-state index contributed by atoms with van der Waals surface area (Å²) in [5, 5.41) is 2.74. The number of amides is 1. The van der Waals surface area contributed by atoms with Crippen molar-refractivity contribution in [1.82, 2.24) is 9.38 Å². The number of aromatic nitrogens is 2. The van der Waals surface area contributed by atoms with Crippen LogP contribution in [0.15, 0.2) is 35.1 Å². The maximum Gasteiger partial charge on any atom is 0.282 e. The number of anilines is 1. The molecule has 2 heterocycles. The van der Waals surface area contributed by atoms with E-state index < -0.39 is 0 Å². The molecule has 1 amide bonds. The van der Waals surface area contributed by atoms with E-state index in [1.807, 2.05) is 44.2 Å². The van der Waals surface area contributed by atoms with E-state index in [0.717, 1.165) is 16.3 Å². The van der Waals surface area contributed by atoms with Crippen molar-refractivity contribution in [2.75, 3.05) is 11.1 Å². The first-order chi connectivity index (χ1) is 12.0. The van der Waals surface area contributed by atoms with E-state index in [4.69, 9.17) is 0 Å². The second-order valence-corrected chi connectivity index (χ2v) is 7.93. The summed E-state index contributed by atoms with van der Waals surface area (Å²) in [6.45, 7) is 5.60. The number of aryl methyl sites for hydroxylation is 3. The fraction of sp³-hybridized carbons (Fsp3) is 0.278. The first-order valence-corrected chi connectivity index (χ1v) is 9.85. The van der Waals surface area contributed by atoms with Gasteiger partial charge in [-0.3, -0.25) is 14.0 Å². The van der Waals surface area contributed by atoms with Gasteiger partial charge in [-0.2, -0.15) is 0 Å². The van der Waals surface area contributed by atoms with Crippen molar-refractivity contribution in [2.45, 2.75) is 26.5 Å². The van der Waals surface area contributed by atoms with Crippen LogP contribution in [0.25, 0.3) is 4.96 Å². The SMILES string of the molecule is Cc1nc2sc(C)c(C)n2c(=O)c1NC(=O)CSCc1ccccc1. The van der Waals surface area contributed by atoms with E-state index in [2.05, 4.69) is 10.3 Å². The summed E-state index contributed by atoms with van der Waals surface area (Å²) in [6, 6.07) is 9.98. The Bertz CT molecular complexity index is 977. The quantitative estimate of drug-likeness (QED) is 0.743. The number of carbonyl (C=O) groups is 1. The molecule has 0 unspecified atom stereocenters. The van der Waals surface area contributed by atoms with Crippen molar-refractivity contribution in [3.8, 4) is 0 Å². The molecule has 3 aromatic rings. The molecule has 0 aliphatic carbocycles. The zero-order valence-electron chi connectivity index (χ0n) is 14.3. The molecule has 130 valence electrons. The van der Waals surface area contributed by atoms with E-state index >= 15 is 0 Å². The third-order valence-corrected chi connectivity index (χ3v) is 5.99. The van der Waals surface area contributed by atoms with Gasteiger partial charge in [0.15, 0.2) is 4.96 Å². The molecule has 0 aliphatic heterocycles. The van der Waals surface area contributed by atoms with Crippen LogP contribution in [0.1, 0.15) is 21.8 Å². The Morgan fingerprint density at radius 2 is 1.96 bits per heavy atom. The lowest BCUT2D eigenvalue weighted by Crippen LogP contribution is -2.26. The molecule has 25 heavy (non-hydrogen) atoms. The molecule has 1 aromatic carbocycles. The smallest absolute Gasteiger partial charge is 0.282 e. The van der Waals surface area contributed by atoms with Crippen LogP contribution in [0.3, 0.4) is 0 Å². The molecule has 0 fully saturated rings. The summed E-state index contributed by atoms with van der Waals surface area (Å²) in [5.41, 5.74) is 2.64. The summed E-state index contributed by atoms with van der Waals surface area (Å²) in [7, 11) is 0. The summed E-state index contributed by atoms with van der Waals surface area (Å²) < 4.78 is 1.57. The van der Waals surface area contributed by atoms with E-state index in [-0.39, 0.29) is 22.9 Å². The van der Waals surface area contributed by atoms with Gasteiger partial charge in [0.2, 0.25) is 5.91 Å². The largest absolute Gasteiger partial charge is 0.319 e. The van der Waals surface area contributed by atoms with Gasteiger partial charge in [0.25, 0.3) is 5.56 Å². The molecule has 1 N–H and O–H groups in total. The fourth-order valence-electron chi connectivity index (χ4n) is 2.49. The van der Waals surface area contributed by atoms with Crippen LogP contribution in [0, 0.1) is 20.8 Å². The van der Waals surface area contributed by atoms with Crippen LogP contribution in [-0.4, -0.2) is 21.0 Å². The molecular weight excluding hydrogens is 354 g/mol. The third-order valence-electron chi connectivity index (χ3n) is 3.93. The van der Waals surface area contributed by atoms with Crippen molar-refractivity contribution in [3.05, 3.63) is 62.5 Å². The summed E-state index contributed by atoms with van der Waals surface area (Å²) in [6.07, 6.45) is 0. The first-order valence-electron chi connectivity index (χ1n) is 7.88. The van der Waals surface area contributed by atoms with Crippen LogP contribution in [0.2, 0.25) is 0 Å². The van der Waals surface area contributed by atoms with E-state index in [1.165, 1.54) is 28.7 Å². The fourth-order valence-corrected chi connectivity index (χ4v) is 4.28. The maximum absolute atomic E-state index is 12.7. The number of nitrogens with zero attached hydrogens (tertiary/aromatic N) is 2. The number of hydrogen-bond donors (Lipinski definition) is 1. The van der Waals surface area contributed by atoms with Gasteiger partial charge in [0.1, 0.15) is 5.69 Å². The molecule has 2 aromatic heterocycles. The zero-order valence-corrected chi connectivity index (χ0v) is 16.0. The van der Waals surface area contributed by atoms with Gasteiger partial charge in [0.05, 0.1) is 11.4 Å². The minimum Gasteiger partial charge on any atom is -0.319 e. The van der Waals surface area contributed by atoms with Gasteiger partial charge in [-0.05, 0) is 26.3 Å². The Labute approximate surface area is 154 Å². The monoisotopic (exact) mass is 373 g/mol. The number of rotatable bonds is 5. The lowest BCUT2D eigenvalue weighted by atomic mass is 10.2. The van der Waals surface area contributed by atoms with Crippen LogP contribution < -0.4 is 10.9 Å². The average molecular weight is 374 g/mol. The van der Waals surface area contributed by atoms with Crippen molar-refractivity contribution in [3.63, 3.8) is 0 Å². The van der Waals surface area contributed by atoms with Crippen LogP contribution in [0.4, 0.5) is 5.69 Å². The first kappa shape index (κ1) is 17.7. The lowest BCUT2D eigenvalue weighted by molar-refractivity contribution is -0.113. The predicted octanol–water partition coefficient (Wildman–Crippen LogP) is 3.55. The summed E-state index contributed by atoms with van der Waals surface area (Å²) >= 11 is 3.00. The molecule has 0 radical (unpaired) electrons. The van der Waals surface area contributed by atoms with Crippen LogP contribution in [-0.2, 0) is 10.5 Å². The third kappa shape index (κ3) is 3.77. The molecule has 0 bridgehead atoms. The highest BCUT2D eigenvalue weighted by Crippen LogP contribution is 2.21. The Balaban J connectivity index is 1.73. The molecule has 0 atom stereocenters. The molecule has 0 spiro atoms. The zero-order chi connectivity index (χ0) is 18.0. The number of hydrogen-bond acceptors (Lipinski definition) is 5. The van der Waals surface area contributed by atoms with Crippen molar-refractivity contribution in [2.24, 2.45) is 0 Å². The summed E-state index contributed by atoms with van der Waals surface area (Å²) in [5.74, 6) is 0.859. The van der Waals surface area contributed by atoms with Crippen molar-refractivity contribution >= 4 is 39.7 Å². The predicted molar refractivity (Wildman–Crippen MR) is 105 cm³/mol. The van der Waals surface area contributed by atoms with Crippen LogP contribution in [0.5, 0.6) is 0 Å². The highest BCUT2D eigenvalue weighted by Gasteiger charge is 2.16. The number of thioether (sulfide) groups is 1.